The molecular formula is C11H14FNO. The average Bonchev–Trinajstić information content (AvgIpc) is 2.16. The molecule has 0 aromatic heterocycles. The fourth-order valence-electron chi connectivity index (χ4n) is 0.961. The first-order valence-electron chi connectivity index (χ1n) is 4.61. The van der Waals surface area contributed by atoms with Crippen LogP contribution in [0.2, 0.25) is 0 Å². The number of anilines is 1. The highest BCUT2D eigenvalue weighted by Crippen LogP contribution is 2.08. The maximum atomic E-state index is 12.5. The topological polar surface area (TPSA) is 29.1 Å². The molecule has 0 spiro atoms. The van der Waals surface area contributed by atoms with Gasteiger partial charge in [-0.25, -0.2) is 4.39 Å². The number of hydrogen-bond acceptors (Lipinski definition) is 2. The quantitative estimate of drug-likeness (QED) is 0.799. The molecule has 14 heavy (non-hydrogen) atoms. The van der Waals surface area contributed by atoms with Gasteiger partial charge < -0.3 is 5.32 Å². The second-order valence-electron chi connectivity index (χ2n) is 3.48. The van der Waals surface area contributed by atoms with Gasteiger partial charge in [-0.1, -0.05) is 13.8 Å². The number of carbonyl (C=O) groups is 1. The number of carbonyl (C=O) groups excluding carboxylic acids is 1. The van der Waals surface area contributed by atoms with Crippen molar-refractivity contribution in [2.24, 2.45) is 5.92 Å². The fraction of sp³-hybridized carbons (Fsp3) is 0.364. The first kappa shape index (κ1) is 10.7. The van der Waals surface area contributed by atoms with E-state index < -0.39 is 0 Å². The highest BCUT2D eigenvalue weighted by molar-refractivity contribution is 5.84. The van der Waals surface area contributed by atoms with E-state index in [1.54, 1.807) is 12.1 Å². The van der Waals surface area contributed by atoms with Crippen LogP contribution in [-0.4, -0.2) is 12.3 Å². The van der Waals surface area contributed by atoms with Crippen LogP contribution in [0.15, 0.2) is 24.3 Å². The summed E-state index contributed by atoms with van der Waals surface area (Å²) >= 11 is 0. The Balaban J connectivity index is 2.46. The minimum atomic E-state index is -0.272. The molecule has 76 valence electrons. The molecule has 0 atom stereocenters. The molecule has 1 aromatic carbocycles. The van der Waals surface area contributed by atoms with Crippen molar-refractivity contribution >= 4 is 11.5 Å². The monoisotopic (exact) mass is 195 g/mol. The molecule has 0 aliphatic carbocycles. The summed E-state index contributed by atoms with van der Waals surface area (Å²) in [5.74, 6) is -0.0944. The Morgan fingerprint density at radius 2 is 1.93 bits per heavy atom. The minimum absolute atomic E-state index is 0.0305. The second kappa shape index (κ2) is 4.74. The van der Waals surface area contributed by atoms with E-state index in [0.29, 0.717) is 6.54 Å². The summed E-state index contributed by atoms with van der Waals surface area (Å²) in [4.78, 5) is 11.2. The van der Waals surface area contributed by atoms with Gasteiger partial charge in [0.05, 0.1) is 6.54 Å². The van der Waals surface area contributed by atoms with Crippen LogP contribution >= 0.6 is 0 Å². The zero-order valence-corrected chi connectivity index (χ0v) is 8.38. The van der Waals surface area contributed by atoms with Crippen molar-refractivity contribution in [3.05, 3.63) is 30.1 Å². The van der Waals surface area contributed by atoms with Crippen LogP contribution in [0.4, 0.5) is 10.1 Å². The Morgan fingerprint density at radius 3 is 2.43 bits per heavy atom. The first-order valence-corrected chi connectivity index (χ1v) is 4.61. The van der Waals surface area contributed by atoms with Gasteiger partial charge in [-0.2, -0.15) is 0 Å². The third-order valence-electron chi connectivity index (χ3n) is 1.95. The summed E-state index contributed by atoms with van der Waals surface area (Å²) < 4.78 is 12.5. The lowest BCUT2D eigenvalue weighted by molar-refractivity contribution is -0.120. The zero-order valence-electron chi connectivity index (χ0n) is 8.38. The first-order chi connectivity index (χ1) is 6.59. The molecule has 3 heteroatoms. The van der Waals surface area contributed by atoms with Gasteiger partial charge in [-0.15, -0.1) is 0 Å². The van der Waals surface area contributed by atoms with E-state index in [9.17, 15) is 9.18 Å². The standard InChI is InChI=1S/C11H14FNO/c1-8(2)11(14)7-13-10-5-3-9(12)4-6-10/h3-6,8,13H,7H2,1-2H3. The normalized spacial score (nSPS) is 10.3. The van der Waals surface area contributed by atoms with E-state index in [1.807, 2.05) is 13.8 Å². The predicted octanol–water partition coefficient (Wildman–Crippen LogP) is 2.46. The van der Waals surface area contributed by atoms with Gasteiger partial charge in [0.1, 0.15) is 5.82 Å². The molecule has 2 nitrogen and oxygen atoms in total. The Hall–Kier alpha value is -1.38. The lowest BCUT2D eigenvalue weighted by Crippen LogP contribution is -2.18. The van der Waals surface area contributed by atoms with Gasteiger partial charge in [-0.3, -0.25) is 4.79 Å². The maximum absolute atomic E-state index is 12.5. The van der Waals surface area contributed by atoms with Crippen molar-refractivity contribution in [2.75, 3.05) is 11.9 Å². The Kier molecular flexibility index (Phi) is 3.63. The van der Waals surface area contributed by atoms with E-state index in [-0.39, 0.29) is 17.5 Å². The van der Waals surface area contributed by atoms with E-state index in [4.69, 9.17) is 0 Å². The van der Waals surface area contributed by atoms with E-state index in [1.165, 1.54) is 12.1 Å². The molecule has 0 aliphatic rings. The van der Waals surface area contributed by atoms with Crippen molar-refractivity contribution in [3.8, 4) is 0 Å². The number of benzene rings is 1. The van der Waals surface area contributed by atoms with Crippen molar-refractivity contribution < 1.29 is 9.18 Å². The average molecular weight is 195 g/mol. The van der Waals surface area contributed by atoms with Gasteiger partial charge in [0.15, 0.2) is 5.78 Å². The van der Waals surface area contributed by atoms with Gasteiger partial charge in [0, 0.05) is 11.6 Å². The molecule has 0 unspecified atom stereocenters. The van der Waals surface area contributed by atoms with E-state index in [2.05, 4.69) is 5.32 Å². The molecule has 0 heterocycles. The van der Waals surface area contributed by atoms with Crippen molar-refractivity contribution in [2.45, 2.75) is 13.8 Å². The molecule has 1 aromatic rings. The Bertz CT molecular complexity index is 306. The SMILES string of the molecule is CC(C)C(=O)CNc1ccc(F)cc1. The van der Waals surface area contributed by atoms with Gasteiger partial charge in [-0.05, 0) is 24.3 Å². The third-order valence-corrected chi connectivity index (χ3v) is 1.95. The molecule has 1 rings (SSSR count). The summed E-state index contributed by atoms with van der Waals surface area (Å²) in [7, 11) is 0. The van der Waals surface area contributed by atoms with Crippen molar-refractivity contribution in [1.82, 2.24) is 0 Å². The molecule has 0 bridgehead atoms. The third kappa shape index (κ3) is 3.17. The molecule has 0 aliphatic heterocycles. The second-order valence-corrected chi connectivity index (χ2v) is 3.48. The lowest BCUT2D eigenvalue weighted by atomic mass is 10.1. The highest BCUT2D eigenvalue weighted by atomic mass is 19.1. The summed E-state index contributed by atoms with van der Waals surface area (Å²) in [5, 5.41) is 2.94. The zero-order chi connectivity index (χ0) is 10.6. The van der Waals surface area contributed by atoms with Gasteiger partial charge >= 0.3 is 0 Å². The molecule has 0 fully saturated rings. The van der Waals surface area contributed by atoms with Gasteiger partial charge in [0.25, 0.3) is 0 Å². The molecule has 0 amide bonds. The molecule has 0 saturated carbocycles. The maximum Gasteiger partial charge on any atom is 0.154 e. The number of rotatable bonds is 4. The minimum Gasteiger partial charge on any atom is -0.378 e. The predicted molar refractivity (Wildman–Crippen MR) is 54.7 cm³/mol. The van der Waals surface area contributed by atoms with Crippen LogP contribution in [-0.2, 0) is 4.79 Å². The van der Waals surface area contributed by atoms with Crippen molar-refractivity contribution in [1.29, 1.82) is 0 Å². The smallest absolute Gasteiger partial charge is 0.154 e. The van der Waals surface area contributed by atoms with E-state index in [0.717, 1.165) is 5.69 Å². The van der Waals surface area contributed by atoms with Crippen molar-refractivity contribution in [3.63, 3.8) is 0 Å². The Labute approximate surface area is 83.1 Å². The largest absolute Gasteiger partial charge is 0.378 e. The number of halogens is 1. The number of Topliss-reactive ketones (excluding diaryl/α,β-unsaturated/α-hetero) is 1. The summed E-state index contributed by atoms with van der Waals surface area (Å²) in [6, 6.07) is 5.95. The Morgan fingerprint density at radius 1 is 1.36 bits per heavy atom. The van der Waals surface area contributed by atoms with Crippen LogP contribution < -0.4 is 5.32 Å². The lowest BCUT2D eigenvalue weighted by Gasteiger charge is -2.07. The fourth-order valence-corrected chi connectivity index (χ4v) is 0.961. The van der Waals surface area contributed by atoms with Crippen LogP contribution in [0.25, 0.3) is 0 Å². The molecule has 1 N–H and O–H groups in total. The van der Waals surface area contributed by atoms with Crippen LogP contribution in [0.3, 0.4) is 0 Å². The number of hydrogen-bond donors (Lipinski definition) is 1. The van der Waals surface area contributed by atoms with Crippen LogP contribution in [0.1, 0.15) is 13.8 Å². The number of nitrogens with one attached hydrogen (secondary N) is 1. The molecule has 0 radical (unpaired) electrons. The molecular weight excluding hydrogens is 181 g/mol. The summed E-state index contributed by atoms with van der Waals surface area (Å²) in [6.07, 6.45) is 0. The van der Waals surface area contributed by atoms with Crippen LogP contribution in [0, 0.1) is 11.7 Å². The van der Waals surface area contributed by atoms with E-state index >= 15 is 0 Å². The summed E-state index contributed by atoms with van der Waals surface area (Å²) in [6.45, 7) is 4.01. The highest BCUT2D eigenvalue weighted by Gasteiger charge is 2.05. The summed E-state index contributed by atoms with van der Waals surface area (Å²) in [5.41, 5.74) is 0.764. The van der Waals surface area contributed by atoms with Crippen LogP contribution in [0.5, 0.6) is 0 Å². The molecule has 0 saturated heterocycles. The van der Waals surface area contributed by atoms with Gasteiger partial charge in [0.2, 0.25) is 0 Å². The number of ketones is 1.